The van der Waals surface area contributed by atoms with Crippen molar-refractivity contribution in [3.8, 4) is 5.75 Å². The zero-order valence-electron chi connectivity index (χ0n) is 12.6. The van der Waals surface area contributed by atoms with Crippen molar-refractivity contribution < 1.29 is 4.74 Å². The van der Waals surface area contributed by atoms with Gasteiger partial charge in [-0.25, -0.2) is 0 Å². The minimum absolute atomic E-state index is 0.600. The van der Waals surface area contributed by atoms with Gasteiger partial charge in [-0.1, -0.05) is 17.7 Å². The second kappa shape index (κ2) is 9.55. The third-order valence-electron chi connectivity index (χ3n) is 2.74. The van der Waals surface area contributed by atoms with E-state index in [9.17, 15) is 0 Å². The summed E-state index contributed by atoms with van der Waals surface area (Å²) in [6, 6.07) is 8.04. The van der Waals surface area contributed by atoms with Crippen LogP contribution in [0, 0.1) is 6.92 Å². The molecule has 112 valence electrons. The van der Waals surface area contributed by atoms with Gasteiger partial charge in [-0.3, -0.25) is 0 Å². The Balaban J connectivity index is 2.03. The van der Waals surface area contributed by atoms with Gasteiger partial charge in [0, 0.05) is 6.54 Å². The maximum atomic E-state index is 5.61. The zero-order chi connectivity index (χ0) is 14.8. The third kappa shape index (κ3) is 7.96. The summed E-state index contributed by atoms with van der Waals surface area (Å²) in [5, 5.41) is 7.01. The molecule has 0 saturated carbocycles. The van der Waals surface area contributed by atoms with Crippen LogP contribution in [-0.2, 0) is 0 Å². The highest BCUT2D eigenvalue weighted by atomic mass is 32.1. The molecule has 0 aliphatic carbocycles. The van der Waals surface area contributed by atoms with E-state index in [1.165, 1.54) is 5.56 Å². The maximum absolute atomic E-state index is 5.61. The van der Waals surface area contributed by atoms with Gasteiger partial charge in [0.2, 0.25) is 0 Å². The van der Waals surface area contributed by atoms with Crippen molar-refractivity contribution in [2.24, 2.45) is 0 Å². The molecule has 0 amide bonds. The Morgan fingerprint density at radius 3 is 2.45 bits per heavy atom. The Morgan fingerprint density at radius 2 is 1.80 bits per heavy atom. The normalized spacial score (nSPS) is 10.4. The molecule has 0 aromatic heterocycles. The molecule has 0 aliphatic heterocycles. The van der Waals surface area contributed by atoms with Gasteiger partial charge < -0.3 is 20.3 Å². The fourth-order valence-corrected chi connectivity index (χ4v) is 1.83. The molecule has 0 spiro atoms. The van der Waals surface area contributed by atoms with Gasteiger partial charge in [-0.2, -0.15) is 0 Å². The molecule has 0 saturated heterocycles. The monoisotopic (exact) mass is 295 g/mol. The lowest BCUT2D eigenvalue weighted by atomic mass is 10.2. The van der Waals surface area contributed by atoms with E-state index in [1.54, 1.807) is 0 Å². The van der Waals surface area contributed by atoms with Crippen LogP contribution in [0.5, 0.6) is 5.75 Å². The van der Waals surface area contributed by atoms with E-state index in [1.807, 2.05) is 24.3 Å². The van der Waals surface area contributed by atoms with Gasteiger partial charge >= 0.3 is 0 Å². The lowest BCUT2D eigenvalue weighted by molar-refractivity contribution is 0.322. The molecule has 1 aromatic rings. The molecule has 5 heteroatoms. The van der Waals surface area contributed by atoms with Crippen molar-refractivity contribution in [1.29, 1.82) is 0 Å². The first-order valence-electron chi connectivity index (χ1n) is 6.94. The van der Waals surface area contributed by atoms with E-state index in [0.29, 0.717) is 18.3 Å². The van der Waals surface area contributed by atoms with E-state index in [-0.39, 0.29) is 0 Å². The van der Waals surface area contributed by atoms with Crippen molar-refractivity contribution >= 4 is 17.3 Å². The Labute approximate surface area is 127 Å². The number of rotatable bonds is 8. The van der Waals surface area contributed by atoms with Crippen molar-refractivity contribution in [3.05, 3.63) is 29.8 Å². The quantitative estimate of drug-likeness (QED) is 0.565. The Hall–Kier alpha value is -1.33. The van der Waals surface area contributed by atoms with Crippen LogP contribution in [0.2, 0.25) is 0 Å². The number of nitrogens with zero attached hydrogens (tertiary/aromatic N) is 1. The molecule has 0 bridgehead atoms. The molecule has 0 aliphatic rings. The SMILES string of the molecule is Cc1ccc(OCCNC(=S)NCCCN(C)C)cc1. The Morgan fingerprint density at radius 1 is 1.15 bits per heavy atom. The average molecular weight is 295 g/mol. The number of hydrogen-bond acceptors (Lipinski definition) is 3. The first kappa shape index (κ1) is 16.7. The maximum Gasteiger partial charge on any atom is 0.166 e. The molecule has 1 aromatic carbocycles. The minimum Gasteiger partial charge on any atom is -0.492 e. The number of thiocarbonyl (C=S) groups is 1. The van der Waals surface area contributed by atoms with E-state index >= 15 is 0 Å². The summed E-state index contributed by atoms with van der Waals surface area (Å²) in [5.74, 6) is 0.891. The molecule has 0 atom stereocenters. The first-order chi connectivity index (χ1) is 9.58. The lowest BCUT2D eigenvalue weighted by Crippen LogP contribution is -2.38. The molecule has 20 heavy (non-hydrogen) atoms. The van der Waals surface area contributed by atoms with Crippen LogP contribution >= 0.6 is 12.2 Å². The van der Waals surface area contributed by atoms with Crippen molar-refractivity contribution in [3.63, 3.8) is 0 Å². The summed E-state index contributed by atoms with van der Waals surface area (Å²) in [7, 11) is 4.14. The smallest absolute Gasteiger partial charge is 0.166 e. The molecular formula is C15H25N3OS. The second-order valence-corrected chi connectivity index (χ2v) is 5.41. The van der Waals surface area contributed by atoms with Crippen LogP contribution in [0.3, 0.4) is 0 Å². The minimum atomic E-state index is 0.600. The number of ether oxygens (including phenoxy) is 1. The first-order valence-corrected chi connectivity index (χ1v) is 7.34. The van der Waals surface area contributed by atoms with Crippen LogP contribution in [0.25, 0.3) is 0 Å². The topological polar surface area (TPSA) is 36.5 Å². The highest BCUT2D eigenvalue weighted by Gasteiger charge is 1.96. The van der Waals surface area contributed by atoms with Gasteiger partial charge in [0.25, 0.3) is 0 Å². The summed E-state index contributed by atoms with van der Waals surface area (Å²) >= 11 is 5.19. The number of nitrogens with one attached hydrogen (secondary N) is 2. The summed E-state index contributed by atoms with van der Waals surface area (Å²) in [4.78, 5) is 2.16. The largest absolute Gasteiger partial charge is 0.492 e. The van der Waals surface area contributed by atoms with E-state index in [4.69, 9.17) is 17.0 Å². The van der Waals surface area contributed by atoms with Gasteiger partial charge in [0.05, 0.1) is 6.54 Å². The molecule has 0 fully saturated rings. The zero-order valence-corrected chi connectivity index (χ0v) is 13.4. The van der Waals surface area contributed by atoms with Gasteiger partial charge in [0.15, 0.2) is 5.11 Å². The van der Waals surface area contributed by atoms with Crippen LogP contribution in [0.4, 0.5) is 0 Å². The van der Waals surface area contributed by atoms with Crippen molar-refractivity contribution in [2.45, 2.75) is 13.3 Å². The molecule has 2 N–H and O–H groups in total. The second-order valence-electron chi connectivity index (χ2n) is 5.00. The van der Waals surface area contributed by atoms with Crippen molar-refractivity contribution in [1.82, 2.24) is 15.5 Å². The fourth-order valence-electron chi connectivity index (χ4n) is 1.63. The highest BCUT2D eigenvalue weighted by molar-refractivity contribution is 7.80. The summed E-state index contributed by atoms with van der Waals surface area (Å²) in [6.45, 7) is 5.32. The van der Waals surface area contributed by atoms with Gasteiger partial charge in [0.1, 0.15) is 12.4 Å². The summed E-state index contributed by atoms with van der Waals surface area (Å²) in [5.41, 5.74) is 1.23. The molecule has 0 heterocycles. The average Bonchev–Trinajstić information content (AvgIpc) is 2.41. The van der Waals surface area contributed by atoms with Crippen LogP contribution in [0.1, 0.15) is 12.0 Å². The fraction of sp³-hybridized carbons (Fsp3) is 0.533. The molecule has 1 rings (SSSR count). The molecule has 0 unspecified atom stereocenters. The number of aryl methyl sites for hydroxylation is 1. The third-order valence-corrected chi connectivity index (χ3v) is 3.03. The van der Waals surface area contributed by atoms with Crippen LogP contribution < -0.4 is 15.4 Å². The highest BCUT2D eigenvalue weighted by Crippen LogP contribution is 2.10. The Bertz CT molecular complexity index is 393. The molecular weight excluding hydrogens is 270 g/mol. The number of benzene rings is 1. The molecule has 0 radical (unpaired) electrons. The lowest BCUT2D eigenvalue weighted by Gasteiger charge is -2.13. The van der Waals surface area contributed by atoms with Gasteiger partial charge in [-0.05, 0) is 58.3 Å². The predicted molar refractivity (Wildman–Crippen MR) is 88.4 cm³/mol. The Kier molecular flexibility index (Phi) is 7.99. The summed E-state index contributed by atoms with van der Waals surface area (Å²) in [6.07, 6.45) is 1.08. The van der Waals surface area contributed by atoms with E-state index < -0.39 is 0 Å². The summed E-state index contributed by atoms with van der Waals surface area (Å²) < 4.78 is 5.61. The van der Waals surface area contributed by atoms with Gasteiger partial charge in [-0.15, -0.1) is 0 Å². The predicted octanol–water partition coefficient (Wildman–Crippen LogP) is 1.79. The van der Waals surface area contributed by atoms with Crippen LogP contribution in [0.15, 0.2) is 24.3 Å². The van der Waals surface area contributed by atoms with Crippen LogP contribution in [-0.4, -0.2) is 50.3 Å². The van der Waals surface area contributed by atoms with E-state index in [2.05, 4.69) is 36.6 Å². The number of hydrogen-bond donors (Lipinski definition) is 2. The van der Waals surface area contributed by atoms with E-state index in [0.717, 1.165) is 25.3 Å². The standard InChI is InChI=1S/C15H25N3OS/c1-13-5-7-14(8-6-13)19-12-10-17-15(20)16-9-4-11-18(2)3/h5-8H,4,9-12H2,1-3H3,(H2,16,17,20). The molecule has 4 nitrogen and oxygen atoms in total. The van der Waals surface area contributed by atoms with Crippen molar-refractivity contribution in [2.75, 3.05) is 40.3 Å².